The summed E-state index contributed by atoms with van der Waals surface area (Å²) in [4.78, 5) is 13.9. The van der Waals surface area contributed by atoms with Gasteiger partial charge in [-0.3, -0.25) is 4.99 Å². The van der Waals surface area contributed by atoms with Gasteiger partial charge in [0, 0.05) is 24.1 Å². The third-order valence-electron chi connectivity index (χ3n) is 8.60. The summed E-state index contributed by atoms with van der Waals surface area (Å²) in [5.41, 5.74) is 5.22. The summed E-state index contributed by atoms with van der Waals surface area (Å²) >= 11 is 0. The van der Waals surface area contributed by atoms with Crippen LogP contribution in [-0.4, -0.2) is 106 Å². The van der Waals surface area contributed by atoms with Crippen LogP contribution < -0.4 is 140 Å². The van der Waals surface area contributed by atoms with Crippen LogP contribution in [0.1, 0.15) is 22.4 Å². The normalized spacial score (nSPS) is 11.8. The van der Waals surface area contributed by atoms with Gasteiger partial charge in [-0.2, -0.15) is 20.1 Å². The van der Waals surface area contributed by atoms with Crippen LogP contribution in [0.15, 0.2) is 103 Å². The second-order valence-corrected chi connectivity index (χ2v) is 18.5. The summed E-state index contributed by atoms with van der Waals surface area (Å²) in [7, 11) is -20.0. The largest absolute Gasteiger partial charge is 1.00 e. The number of rotatable bonds is 16. The molecule has 6 rings (SSSR count). The number of nitrogens with zero attached hydrogens (tertiary/aromatic N) is 6. The van der Waals surface area contributed by atoms with Crippen molar-refractivity contribution in [1.29, 1.82) is 0 Å². The molecule has 0 aliphatic rings. The van der Waals surface area contributed by atoms with Crippen molar-refractivity contribution in [1.82, 2.24) is 24.7 Å². The molecule has 0 amide bonds. The van der Waals surface area contributed by atoms with E-state index >= 15 is 0 Å². The van der Waals surface area contributed by atoms with Crippen LogP contribution >= 0.6 is 0 Å². The fourth-order valence-electron chi connectivity index (χ4n) is 5.65. The second-order valence-electron chi connectivity index (χ2n) is 13.1. The minimum absolute atomic E-state index is 0. The Labute approximate surface area is 477 Å². The molecule has 0 saturated carbocycles. The number of anilines is 6. The number of nitrogens with one attached hydrogen (secondary N) is 3. The molecule has 24 nitrogen and oxygen atoms in total. The van der Waals surface area contributed by atoms with Crippen LogP contribution in [0.2, 0.25) is 0 Å². The van der Waals surface area contributed by atoms with E-state index in [1.807, 2.05) is 0 Å². The maximum Gasteiger partial charge on any atom is 1.00 e. The molecule has 0 aliphatic carbocycles. The van der Waals surface area contributed by atoms with Crippen molar-refractivity contribution in [3.63, 3.8) is 0 Å². The molecule has 336 valence electrons. The van der Waals surface area contributed by atoms with Crippen LogP contribution in [0.5, 0.6) is 5.88 Å². The molecule has 68 heavy (non-hydrogen) atoms. The summed E-state index contributed by atoms with van der Waals surface area (Å²) in [5, 5.41) is 32.6. The van der Waals surface area contributed by atoms with Crippen molar-refractivity contribution in [3.05, 3.63) is 101 Å². The van der Waals surface area contributed by atoms with E-state index in [4.69, 9.17) is 5.73 Å². The Hall–Kier alpha value is -2.89. The molecule has 7 N–H and O–H groups in total. The summed E-state index contributed by atoms with van der Waals surface area (Å²) in [6, 6.07) is 14.8. The van der Waals surface area contributed by atoms with Gasteiger partial charge in [-0.25, -0.2) is 38.4 Å². The zero-order valence-corrected chi connectivity index (χ0v) is 47.6. The quantitative estimate of drug-likeness (QED) is 0.0172. The van der Waals surface area contributed by atoms with E-state index in [2.05, 4.69) is 41.0 Å². The predicted molar refractivity (Wildman–Crippen MR) is 224 cm³/mol. The maximum atomic E-state index is 12.4. The van der Waals surface area contributed by atoms with Crippen molar-refractivity contribution in [2.45, 2.75) is 26.5 Å². The van der Waals surface area contributed by atoms with Crippen molar-refractivity contribution in [2.24, 2.45) is 4.99 Å². The molecule has 32 heteroatoms. The molecular formula is C36H30N10Na4O14S4. The van der Waals surface area contributed by atoms with Crippen molar-refractivity contribution >= 4 is 99.4 Å². The van der Waals surface area contributed by atoms with Gasteiger partial charge in [0.15, 0.2) is 0 Å². The van der Waals surface area contributed by atoms with Gasteiger partial charge in [0.1, 0.15) is 40.5 Å². The number of aliphatic imine (C=N–C) groups is 1. The monoisotopic (exact) mass is 1050 g/mol. The van der Waals surface area contributed by atoms with E-state index in [1.54, 1.807) is 0 Å². The number of nitrogens with two attached hydrogens (primary N) is 1. The first kappa shape index (κ1) is 61.2. The van der Waals surface area contributed by atoms with Gasteiger partial charge in [0.25, 0.3) is 0 Å². The number of nitrogen functional groups attached to an aromatic ring is 1. The standard InChI is InChI=1S/C36H34N10O14S4.4Na/c1-20-26(33(48)46(45-20)24-7-9-25(10-8-24)61(49,50)51)19-39-29-18-23(6-13-30(29)62(52,53)54)40-35-42-34(38-14-15-47)43-36(44-35)41-28-12-5-22(17-32(28)64(58,59)60)3-2-21-4-11-27(37)31(16-21)63(55,56)57;;;;/h2-13,16-19,47-48H,14-15,37H2,1H3,(H,49,50,51)(H,52,53,54)(H,55,56,57)(H,58,59,60)(H3,38,40,41,42,43,44);;;;/q;4*+1/p-4. The maximum absolute atomic E-state index is 12.4. The number of aliphatic hydroxyl groups is 1. The van der Waals surface area contributed by atoms with E-state index in [9.17, 15) is 62.1 Å². The van der Waals surface area contributed by atoms with Gasteiger partial charge in [0.2, 0.25) is 23.7 Å². The number of hydrogen-bond acceptors (Lipinski definition) is 23. The summed E-state index contributed by atoms with van der Waals surface area (Å²) < 4.78 is 144. The Morgan fingerprint density at radius 2 is 1.22 bits per heavy atom. The van der Waals surface area contributed by atoms with E-state index in [-0.39, 0.29) is 194 Å². The second kappa shape index (κ2) is 25.0. The molecule has 0 saturated heterocycles. The van der Waals surface area contributed by atoms with Gasteiger partial charge >= 0.3 is 118 Å². The first-order chi connectivity index (χ1) is 29.9. The Kier molecular flexibility index (Phi) is 22.5. The van der Waals surface area contributed by atoms with Crippen molar-refractivity contribution in [3.8, 4) is 11.6 Å². The third-order valence-corrected chi connectivity index (χ3v) is 12.1. The van der Waals surface area contributed by atoms with Crippen LogP contribution in [-0.2, 0) is 40.5 Å². The average molecular weight is 1050 g/mol. The molecule has 0 fully saturated rings. The zero-order valence-electron chi connectivity index (χ0n) is 36.3. The van der Waals surface area contributed by atoms with Gasteiger partial charge in [-0.05, 0) is 84.8 Å². The topological polar surface area (TPSA) is 400 Å². The van der Waals surface area contributed by atoms with Gasteiger partial charge in [0.05, 0.1) is 54.5 Å². The number of aromatic hydroxyl groups is 1. The van der Waals surface area contributed by atoms with Crippen LogP contribution in [0.4, 0.5) is 40.6 Å². The molecule has 0 spiro atoms. The SMILES string of the molecule is Cc1nn(-c2ccc(S(=O)(=O)[O-])cc2)c(O)c1C=Nc1cc(Nc2nc(NCCO)nc(Nc3ccc(C=Cc4ccc(N)c(S(=O)(=O)[O-])c4)cc3S(=O)(=O)[O-])n2)ccc1S(=O)(=O)[O-].[Na+].[Na+].[Na+].[Na+]. The number of benzene rings is 4. The number of aryl methyl sites for hydroxylation is 1. The van der Waals surface area contributed by atoms with Crippen LogP contribution in [0, 0.1) is 6.92 Å². The average Bonchev–Trinajstić information content (AvgIpc) is 3.49. The minimum atomic E-state index is -5.20. The molecule has 4 aromatic carbocycles. The molecule has 0 atom stereocenters. The van der Waals surface area contributed by atoms with E-state index in [0.717, 1.165) is 53.4 Å². The van der Waals surface area contributed by atoms with E-state index < -0.39 is 71.6 Å². The molecule has 0 radical (unpaired) electrons. The Morgan fingerprint density at radius 1 is 0.676 bits per heavy atom. The van der Waals surface area contributed by atoms with Gasteiger partial charge in [-0.1, -0.05) is 24.3 Å². The van der Waals surface area contributed by atoms with E-state index in [1.165, 1.54) is 55.5 Å². The van der Waals surface area contributed by atoms with Gasteiger partial charge < -0.3 is 50.1 Å². The molecule has 6 aromatic rings. The molecule has 0 unspecified atom stereocenters. The third kappa shape index (κ3) is 15.8. The van der Waals surface area contributed by atoms with Crippen molar-refractivity contribution < 1.29 is 180 Å². The molecule has 0 bridgehead atoms. The first-order valence-corrected chi connectivity index (χ1v) is 23.3. The van der Waals surface area contributed by atoms with Gasteiger partial charge in [-0.15, -0.1) is 0 Å². The smallest absolute Gasteiger partial charge is 0.744 e. The predicted octanol–water partition coefficient (Wildman–Crippen LogP) is -9.90. The van der Waals surface area contributed by atoms with Crippen molar-refractivity contribution in [2.75, 3.05) is 34.8 Å². The fraction of sp³-hybridized carbons (Fsp3) is 0.0833. The summed E-state index contributed by atoms with van der Waals surface area (Å²) in [5.74, 6) is -1.36. The van der Waals surface area contributed by atoms with Crippen LogP contribution in [0.25, 0.3) is 17.8 Å². The Morgan fingerprint density at radius 3 is 1.78 bits per heavy atom. The number of hydrogen-bond donors (Lipinski definition) is 6. The number of aromatic nitrogens is 5. The molecule has 0 aliphatic heterocycles. The Balaban J connectivity index is 0.00000397. The zero-order chi connectivity index (χ0) is 46.8. The Bertz CT molecular complexity index is 3330. The summed E-state index contributed by atoms with van der Waals surface area (Å²) in [6.45, 7) is 1.000. The molecular weight excluding hydrogens is 1020 g/mol. The minimum Gasteiger partial charge on any atom is -0.744 e. The molecule has 2 aromatic heterocycles. The number of aliphatic hydroxyl groups excluding tert-OH is 1. The molecule has 2 heterocycles. The fourth-order valence-corrected chi connectivity index (χ4v) is 8.03. The van der Waals surface area contributed by atoms with E-state index in [0.29, 0.717) is 0 Å². The summed E-state index contributed by atoms with van der Waals surface area (Å²) in [6.07, 6.45) is 3.69. The first-order valence-electron chi connectivity index (χ1n) is 17.7. The van der Waals surface area contributed by atoms with Crippen LogP contribution in [0.3, 0.4) is 0 Å².